The van der Waals surface area contributed by atoms with Crippen LogP contribution in [0.15, 0.2) is 85.1 Å². The van der Waals surface area contributed by atoms with E-state index in [4.69, 9.17) is 37.4 Å². The van der Waals surface area contributed by atoms with Gasteiger partial charge in [-0.05, 0) is 107 Å². The van der Waals surface area contributed by atoms with Gasteiger partial charge in [-0.25, -0.2) is 14.2 Å². The average Bonchev–Trinajstić information content (AvgIpc) is 3.72. The topological polar surface area (TPSA) is 212 Å². The van der Waals surface area contributed by atoms with Crippen LogP contribution >= 0.6 is 23.2 Å². The molecule has 2 aromatic heterocycles. The number of rotatable bonds is 21. The van der Waals surface area contributed by atoms with Crippen LogP contribution in [0.2, 0.25) is 10.0 Å². The summed E-state index contributed by atoms with van der Waals surface area (Å²) >= 11 is 12.6. The van der Waals surface area contributed by atoms with Gasteiger partial charge in [-0.15, -0.1) is 0 Å². The number of pyridine rings is 1. The molecule has 76 heavy (non-hydrogen) atoms. The summed E-state index contributed by atoms with van der Waals surface area (Å²) in [6, 6.07) is 19.4. The van der Waals surface area contributed by atoms with Crippen LogP contribution in [-0.2, 0) is 61.6 Å². The highest BCUT2D eigenvalue weighted by Gasteiger charge is 2.46. The number of likely N-dealkylation sites (N-methyl/N-ethyl adjacent to an activating group) is 1. The first-order valence-electron chi connectivity index (χ1n) is 24.8. The van der Waals surface area contributed by atoms with Crippen molar-refractivity contribution in [1.29, 1.82) is 0 Å². The molecule has 21 heteroatoms. The lowest BCUT2D eigenvalue weighted by Gasteiger charge is -2.49. The van der Waals surface area contributed by atoms with E-state index >= 15 is 4.39 Å². The van der Waals surface area contributed by atoms with E-state index in [1.165, 1.54) is 23.0 Å². The number of methoxy groups -OCH3 is 1. The number of hydrogen-bond donors (Lipinski definition) is 3. The Bertz CT molecular complexity index is 2880. The highest BCUT2D eigenvalue weighted by Crippen LogP contribution is 2.35. The van der Waals surface area contributed by atoms with E-state index in [1.807, 2.05) is 35.9 Å². The minimum atomic E-state index is -1.21. The van der Waals surface area contributed by atoms with Crippen LogP contribution in [0, 0.1) is 23.9 Å². The molecule has 0 bridgehead atoms. The van der Waals surface area contributed by atoms with Crippen molar-refractivity contribution in [3.05, 3.63) is 134 Å². The van der Waals surface area contributed by atoms with Crippen LogP contribution in [0.25, 0.3) is 11.3 Å². The molecular formula is C55H67Cl2FN8O10. The first-order chi connectivity index (χ1) is 35.9. The third kappa shape index (κ3) is 15.0. The number of amides is 4. The number of hydrogen-bond acceptors (Lipinski definition) is 11. The van der Waals surface area contributed by atoms with Crippen LogP contribution in [-0.4, -0.2) is 123 Å². The maximum Gasteiger partial charge on any atom is 0.410 e. The number of aromatic nitrogens is 3. The van der Waals surface area contributed by atoms with E-state index in [0.717, 1.165) is 22.9 Å². The number of carbonyl (C=O) groups is 5. The smallest absolute Gasteiger partial charge is 0.410 e. The van der Waals surface area contributed by atoms with Crippen molar-refractivity contribution in [3.8, 4) is 22.8 Å². The molecule has 3 N–H and O–H groups in total. The van der Waals surface area contributed by atoms with E-state index in [0.29, 0.717) is 39.9 Å². The zero-order valence-electron chi connectivity index (χ0n) is 44.3. The molecule has 0 aliphatic carbocycles. The number of piperidine rings is 1. The van der Waals surface area contributed by atoms with Gasteiger partial charge >= 0.3 is 12.1 Å². The molecule has 0 spiro atoms. The summed E-state index contributed by atoms with van der Waals surface area (Å²) in [7, 11) is 6.48. The lowest BCUT2D eigenvalue weighted by molar-refractivity contribution is -0.621. The Balaban J connectivity index is 1.15. The van der Waals surface area contributed by atoms with Gasteiger partial charge in [0.25, 0.3) is 0 Å². The maximum atomic E-state index is 15.7. The van der Waals surface area contributed by atoms with Crippen LogP contribution in [0.4, 0.5) is 9.18 Å². The molecule has 408 valence electrons. The van der Waals surface area contributed by atoms with Gasteiger partial charge in [-0.1, -0.05) is 35.3 Å². The summed E-state index contributed by atoms with van der Waals surface area (Å²) in [6.07, 6.45) is 1.77. The summed E-state index contributed by atoms with van der Waals surface area (Å²) in [5.41, 5.74) is 1.43. The fourth-order valence-electron chi connectivity index (χ4n) is 9.20. The van der Waals surface area contributed by atoms with Crippen LogP contribution in [0.3, 0.4) is 0 Å². The fraction of sp³-hybridized carbons (Fsp3) is 0.436. The molecular weight excluding hydrogens is 1020 g/mol. The molecule has 0 saturated carbocycles. The minimum Gasteiger partial charge on any atom is -0.618 e. The third-order valence-electron chi connectivity index (χ3n) is 13.4. The molecule has 6 rings (SSSR count). The SMILES string of the molecule is COC[C@H](NC(=O)[C@H](C)NCc1c(F)cc(Cl)cc1Oc1ccc(-c2cnc(CN(C)C(=O)OC(C)(C)C)n2C)cc1)C(=O)N(C)[C@@]1(Cc2ccc(Cl)cc2)CCCN(C(=O)[C@@H](CC(=O)O)Cc2cccc(C)[n+]2[O-])C1. The second kappa shape index (κ2) is 25.4. The number of carboxylic acids is 1. The summed E-state index contributed by atoms with van der Waals surface area (Å²) in [5, 5.41) is 29.3. The van der Waals surface area contributed by atoms with Gasteiger partial charge < -0.3 is 54.4 Å². The predicted octanol–water partition coefficient (Wildman–Crippen LogP) is 7.64. The summed E-state index contributed by atoms with van der Waals surface area (Å²) in [5.74, 6) is -3.42. The number of likely N-dealkylation sites (tertiary alicyclic amines) is 1. The Kier molecular flexibility index (Phi) is 19.5. The maximum absolute atomic E-state index is 15.7. The molecule has 3 aromatic carbocycles. The number of carboxylic acid groups (broad SMARTS) is 1. The average molecular weight is 1090 g/mol. The van der Waals surface area contributed by atoms with Crippen LogP contribution in [0.5, 0.6) is 11.5 Å². The van der Waals surface area contributed by atoms with E-state index in [1.54, 1.807) is 102 Å². The fourth-order valence-corrected chi connectivity index (χ4v) is 9.52. The Morgan fingerprint density at radius 1 is 1.01 bits per heavy atom. The molecule has 5 aromatic rings. The molecule has 3 heterocycles. The van der Waals surface area contributed by atoms with Crippen LogP contribution in [0.1, 0.15) is 75.3 Å². The van der Waals surface area contributed by atoms with E-state index in [2.05, 4.69) is 15.6 Å². The molecule has 4 amide bonds. The van der Waals surface area contributed by atoms with E-state index < -0.39 is 71.2 Å². The summed E-state index contributed by atoms with van der Waals surface area (Å²) in [6.45, 7) is 8.70. The number of benzene rings is 3. The zero-order chi connectivity index (χ0) is 55.6. The molecule has 4 atom stereocenters. The van der Waals surface area contributed by atoms with Gasteiger partial charge in [0.05, 0.1) is 49.0 Å². The number of nitrogens with zero attached hydrogens (tertiary/aromatic N) is 6. The van der Waals surface area contributed by atoms with Crippen molar-refractivity contribution in [1.82, 2.24) is 34.9 Å². The molecule has 1 aliphatic heterocycles. The Morgan fingerprint density at radius 3 is 2.37 bits per heavy atom. The van der Waals surface area contributed by atoms with Gasteiger partial charge in [-0.2, -0.15) is 4.73 Å². The van der Waals surface area contributed by atoms with E-state index in [-0.39, 0.29) is 67.7 Å². The van der Waals surface area contributed by atoms with Gasteiger partial charge in [0.15, 0.2) is 11.4 Å². The Hall–Kier alpha value is -6.80. The van der Waals surface area contributed by atoms with Crippen molar-refractivity contribution in [2.75, 3.05) is 40.9 Å². The van der Waals surface area contributed by atoms with Gasteiger partial charge in [0.1, 0.15) is 34.8 Å². The van der Waals surface area contributed by atoms with Crippen molar-refractivity contribution in [3.63, 3.8) is 0 Å². The van der Waals surface area contributed by atoms with Gasteiger partial charge in [-0.3, -0.25) is 19.2 Å². The number of nitrogens with one attached hydrogen (secondary N) is 2. The monoisotopic (exact) mass is 1090 g/mol. The number of ether oxygens (including phenoxy) is 3. The number of aliphatic carboxylic acids is 1. The molecule has 0 radical (unpaired) electrons. The molecule has 18 nitrogen and oxygen atoms in total. The van der Waals surface area contributed by atoms with Crippen LogP contribution < -0.4 is 20.1 Å². The predicted molar refractivity (Wildman–Crippen MR) is 284 cm³/mol. The summed E-state index contributed by atoms with van der Waals surface area (Å²) < 4.78 is 35.4. The lowest BCUT2D eigenvalue weighted by atomic mass is 9.80. The standard InChI is InChI=1S/C55H67Cl2FN8O10/c1-34-12-10-13-41(66(34)73)24-38(25-49(67)68)51(70)65-23-11-22-55(33-65,28-36-14-18-39(56)19-15-36)64(8)52(71)45(32-74-9)61-50(69)35(2)59-29-43-44(58)26-40(57)27-47(43)75-42-20-16-37(17-21-42)46-30-60-48(63(46)7)31-62(6)53(72)76-54(3,4)5/h10,12-21,26-27,30,35,38,45,59H,11,22-25,28-29,31-33H2,1-9H3,(H,61,69)(H,67,68)/t35-,38+,45-,55+/m0/s1. The van der Waals surface area contributed by atoms with Crippen molar-refractivity contribution in [2.24, 2.45) is 13.0 Å². The lowest BCUT2D eigenvalue weighted by Crippen LogP contribution is -2.65. The normalized spacial score (nSPS) is 15.8. The Labute approximate surface area is 452 Å². The molecule has 0 unspecified atom stereocenters. The van der Waals surface area contributed by atoms with Gasteiger partial charge in [0.2, 0.25) is 17.7 Å². The van der Waals surface area contributed by atoms with Crippen molar-refractivity contribution in [2.45, 2.75) is 103 Å². The molecule has 1 saturated heterocycles. The van der Waals surface area contributed by atoms with E-state index in [9.17, 15) is 34.3 Å². The zero-order valence-corrected chi connectivity index (χ0v) is 45.8. The highest BCUT2D eigenvalue weighted by atomic mass is 35.5. The number of carbonyl (C=O) groups excluding carboxylic acids is 4. The van der Waals surface area contributed by atoms with Crippen molar-refractivity contribution < 1.29 is 52.4 Å². The number of halogens is 3. The second-order valence-electron chi connectivity index (χ2n) is 20.3. The first-order valence-corrected chi connectivity index (χ1v) is 25.6. The number of aryl methyl sites for hydroxylation is 1. The second-order valence-corrected chi connectivity index (χ2v) is 21.2. The minimum absolute atomic E-state index is 0.0206. The quantitative estimate of drug-likeness (QED) is 0.0478. The third-order valence-corrected chi connectivity index (χ3v) is 13.9. The van der Waals surface area contributed by atoms with Crippen molar-refractivity contribution >= 4 is 53.0 Å². The first kappa shape index (κ1) is 58.5. The van der Waals surface area contributed by atoms with Gasteiger partial charge in [0, 0.05) is 94.5 Å². The largest absolute Gasteiger partial charge is 0.618 e. The molecule has 1 fully saturated rings. The number of imidazole rings is 1. The summed E-state index contributed by atoms with van der Waals surface area (Å²) in [4.78, 5) is 76.9. The molecule has 1 aliphatic rings. The highest BCUT2D eigenvalue weighted by molar-refractivity contribution is 6.31. The Morgan fingerprint density at radius 2 is 1.71 bits per heavy atom.